The molecule has 1 rings (SSSR count). The number of aliphatic hydroxyl groups is 1. The molecule has 0 heterocycles. The first-order chi connectivity index (χ1) is 8.03. The van der Waals surface area contributed by atoms with Gasteiger partial charge in [0, 0.05) is 6.42 Å². The highest BCUT2D eigenvalue weighted by Gasteiger charge is 2.13. The van der Waals surface area contributed by atoms with Gasteiger partial charge in [-0.05, 0) is 32.4 Å². The summed E-state index contributed by atoms with van der Waals surface area (Å²) in [5.41, 5.74) is -0.695. The number of rotatable bonds is 7. The van der Waals surface area contributed by atoms with E-state index in [0.29, 0.717) is 19.6 Å². The Kier molecular flexibility index (Phi) is 5.29. The van der Waals surface area contributed by atoms with Crippen molar-refractivity contribution in [3.05, 3.63) is 24.3 Å². The second-order valence-electron chi connectivity index (χ2n) is 4.71. The molecule has 17 heavy (non-hydrogen) atoms. The molecule has 0 saturated carbocycles. The molecular formula is C14H22O3. The zero-order chi connectivity index (χ0) is 12.7. The Morgan fingerprint density at radius 1 is 1.06 bits per heavy atom. The summed E-state index contributed by atoms with van der Waals surface area (Å²) < 4.78 is 11.2. The summed E-state index contributed by atoms with van der Waals surface area (Å²) in [6.07, 6.45) is 1.56. The number of hydrogen-bond acceptors (Lipinski definition) is 3. The maximum absolute atomic E-state index is 9.60. The first-order valence-electron chi connectivity index (χ1n) is 6.10. The van der Waals surface area contributed by atoms with Gasteiger partial charge in [-0.25, -0.2) is 0 Å². The smallest absolute Gasteiger partial charge is 0.161 e. The zero-order valence-corrected chi connectivity index (χ0v) is 10.9. The Morgan fingerprint density at radius 3 is 2.06 bits per heavy atom. The van der Waals surface area contributed by atoms with Crippen molar-refractivity contribution < 1.29 is 14.6 Å². The summed E-state index contributed by atoms with van der Waals surface area (Å²) in [7, 11) is 0. The molecule has 0 saturated heterocycles. The predicted molar refractivity (Wildman–Crippen MR) is 68.6 cm³/mol. The van der Waals surface area contributed by atoms with Crippen LogP contribution in [0.5, 0.6) is 11.5 Å². The molecule has 96 valence electrons. The maximum Gasteiger partial charge on any atom is 0.161 e. The summed E-state index contributed by atoms with van der Waals surface area (Å²) >= 11 is 0. The van der Waals surface area contributed by atoms with Crippen LogP contribution >= 0.6 is 0 Å². The van der Waals surface area contributed by atoms with E-state index in [1.54, 1.807) is 13.8 Å². The molecule has 1 N–H and O–H groups in total. The molecule has 0 aliphatic rings. The SMILES string of the molecule is CCCOc1ccccc1OCCC(C)(C)O. The van der Waals surface area contributed by atoms with E-state index in [1.807, 2.05) is 24.3 Å². The van der Waals surface area contributed by atoms with E-state index in [-0.39, 0.29) is 0 Å². The van der Waals surface area contributed by atoms with Crippen molar-refractivity contribution in [2.24, 2.45) is 0 Å². The maximum atomic E-state index is 9.60. The molecule has 0 radical (unpaired) electrons. The topological polar surface area (TPSA) is 38.7 Å². The molecular weight excluding hydrogens is 216 g/mol. The summed E-state index contributed by atoms with van der Waals surface area (Å²) in [4.78, 5) is 0. The number of benzene rings is 1. The van der Waals surface area contributed by atoms with Gasteiger partial charge in [0.25, 0.3) is 0 Å². The standard InChI is InChI=1S/C14H22O3/c1-4-10-16-12-7-5-6-8-13(12)17-11-9-14(2,3)15/h5-8,15H,4,9-11H2,1-3H3. The van der Waals surface area contributed by atoms with Crippen molar-refractivity contribution >= 4 is 0 Å². The average Bonchev–Trinajstić information content (AvgIpc) is 2.26. The molecule has 0 aliphatic carbocycles. The molecule has 0 bridgehead atoms. The van der Waals surface area contributed by atoms with Gasteiger partial charge >= 0.3 is 0 Å². The van der Waals surface area contributed by atoms with Crippen LogP contribution in [0, 0.1) is 0 Å². The normalized spacial score (nSPS) is 11.3. The number of hydrogen-bond donors (Lipinski definition) is 1. The van der Waals surface area contributed by atoms with Gasteiger partial charge in [-0.1, -0.05) is 19.1 Å². The molecule has 1 aromatic rings. The second kappa shape index (κ2) is 6.50. The fourth-order valence-corrected chi connectivity index (χ4v) is 1.31. The highest BCUT2D eigenvalue weighted by atomic mass is 16.5. The third-order valence-corrected chi connectivity index (χ3v) is 2.28. The van der Waals surface area contributed by atoms with Gasteiger partial charge in [0.2, 0.25) is 0 Å². The highest BCUT2D eigenvalue weighted by molar-refractivity contribution is 5.39. The molecule has 0 atom stereocenters. The van der Waals surface area contributed by atoms with Crippen LogP contribution in [0.4, 0.5) is 0 Å². The number of para-hydroxylation sites is 2. The Hall–Kier alpha value is -1.22. The minimum atomic E-state index is -0.695. The Balaban J connectivity index is 2.51. The lowest BCUT2D eigenvalue weighted by Crippen LogP contribution is -2.21. The minimum Gasteiger partial charge on any atom is -0.490 e. The Labute approximate surface area is 103 Å². The molecule has 0 fully saturated rings. The lowest BCUT2D eigenvalue weighted by Gasteiger charge is -2.18. The van der Waals surface area contributed by atoms with Crippen LogP contribution in [0.1, 0.15) is 33.6 Å². The van der Waals surface area contributed by atoms with Gasteiger partial charge < -0.3 is 14.6 Å². The Morgan fingerprint density at radius 2 is 1.59 bits per heavy atom. The van der Waals surface area contributed by atoms with Gasteiger partial charge in [0.05, 0.1) is 18.8 Å². The summed E-state index contributed by atoms with van der Waals surface area (Å²) in [5.74, 6) is 1.51. The largest absolute Gasteiger partial charge is 0.490 e. The zero-order valence-electron chi connectivity index (χ0n) is 10.9. The van der Waals surface area contributed by atoms with Gasteiger partial charge in [0.1, 0.15) is 0 Å². The Bertz CT molecular complexity index is 328. The second-order valence-corrected chi connectivity index (χ2v) is 4.71. The van der Waals surface area contributed by atoms with Gasteiger partial charge in [-0.3, -0.25) is 0 Å². The van der Waals surface area contributed by atoms with E-state index in [9.17, 15) is 5.11 Å². The summed E-state index contributed by atoms with van der Waals surface area (Å²) in [5, 5.41) is 9.60. The molecule has 3 nitrogen and oxygen atoms in total. The van der Waals surface area contributed by atoms with Crippen LogP contribution in [-0.2, 0) is 0 Å². The predicted octanol–water partition coefficient (Wildman–Crippen LogP) is 3.02. The van der Waals surface area contributed by atoms with Crippen molar-refractivity contribution in [2.45, 2.75) is 39.2 Å². The highest BCUT2D eigenvalue weighted by Crippen LogP contribution is 2.27. The van der Waals surface area contributed by atoms with Crippen molar-refractivity contribution in [1.82, 2.24) is 0 Å². The van der Waals surface area contributed by atoms with E-state index in [1.165, 1.54) is 0 Å². The van der Waals surface area contributed by atoms with Crippen LogP contribution in [0.3, 0.4) is 0 Å². The molecule has 0 spiro atoms. The monoisotopic (exact) mass is 238 g/mol. The molecule has 0 amide bonds. The lowest BCUT2D eigenvalue weighted by molar-refractivity contribution is 0.0548. The third-order valence-electron chi connectivity index (χ3n) is 2.28. The molecule has 1 aromatic carbocycles. The van der Waals surface area contributed by atoms with Gasteiger partial charge in [0.15, 0.2) is 11.5 Å². The van der Waals surface area contributed by atoms with Crippen molar-refractivity contribution in [2.75, 3.05) is 13.2 Å². The van der Waals surface area contributed by atoms with E-state index < -0.39 is 5.60 Å². The molecule has 0 unspecified atom stereocenters. The molecule has 0 aromatic heterocycles. The minimum absolute atomic E-state index is 0.482. The quantitative estimate of drug-likeness (QED) is 0.793. The summed E-state index contributed by atoms with van der Waals surface area (Å²) in [6, 6.07) is 7.62. The lowest BCUT2D eigenvalue weighted by atomic mass is 10.1. The van der Waals surface area contributed by atoms with Crippen LogP contribution in [0.15, 0.2) is 24.3 Å². The third kappa shape index (κ3) is 5.59. The van der Waals surface area contributed by atoms with Crippen LogP contribution < -0.4 is 9.47 Å². The van der Waals surface area contributed by atoms with E-state index in [0.717, 1.165) is 17.9 Å². The van der Waals surface area contributed by atoms with E-state index >= 15 is 0 Å². The number of ether oxygens (including phenoxy) is 2. The first-order valence-corrected chi connectivity index (χ1v) is 6.10. The summed E-state index contributed by atoms with van der Waals surface area (Å²) in [6.45, 7) is 6.78. The average molecular weight is 238 g/mol. The van der Waals surface area contributed by atoms with Crippen molar-refractivity contribution in [3.8, 4) is 11.5 Å². The van der Waals surface area contributed by atoms with Crippen molar-refractivity contribution in [1.29, 1.82) is 0 Å². The fourth-order valence-electron chi connectivity index (χ4n) is 1.31. The molecule has 0 aliphatic heterocycles. The van der Waals surface area contributed by atoms with E-state index in [4.69, 9.17) is 9.47 Å². The van der Waals surface area contributed by atoms with Crippen LogP contribution in [0.2, 0.25) is 0 Å². The van der Waals surface area contributed by atoms with Crippen LogP contribution in [-0.4, -0.2) is 23.9 Å². The van der Waals surface area contributed by atoms with E-state index in [2.05, 4.69) is 6.92 Å². The molecule has 3 heteroatoms. The van der Waals surface area contributed by atoms with Crippen LogP contribution in [0.25, 0.3) is 0 Å². The van der Waals surface area contributed by atoms with Crippen molar-refractivity contribution in [3.63, 3.8) is 0 Å². The van der Waals surface area contributed by atoms with Gasteiger partial charge in [-0.15, -0.1) is 0 Å². The first kappa shape index (κ1) is 13.8. The fraction of sp³-hybridized carbons (Fsp3) is 0.571. The van der Waals surface area contributed by atoms with Gasteiger partial charge in [-0.2, -0.15) is 0 Å².